The van der Waals surface area contributed by atoms with Gasteiger partial charge in [0.05, 0.1) is 6.67 Å². The Labute approximate surface area is 88.6 Å². The molecule has 2 unspecified atom stereocenters. The monoisotopic (exact) mass is 200 g/mol. The number of hydrogen-bond acceptors (Lipinski definition) is 0. The van der Waals surface area contributed by atoms with Crippen LogP contribution in [0.3, 0.4) is 0 Å². The van der Waals surface area contributed by atoms with Crippen molar-refractivity contribution in [2.45, 2.75) is 53.4 Å². The van der Waals surface area contributed by atoms with E-state index in [2.05, 4.69) is 33.8 Å². The highest BCUT2D eigenvalue weighted by molar-refractivity contribution is 5.02. The second-order valence-electron chi connectivity index (χ2n) is 4.25. The summed E-state index contributed by atoms with van der Waals surface area (Å²) in [7, 11) is 0. The second kappa shape index (κ2) is 8.02. The van der Waals surface area contributed by atoms with Gasteiger partial charge in [-0.3, -0.25) is 4.39 Å². The molecule has 2 atom stereocenters. The van der Waals surface area contributed by atoms with Crippen LogP contribution in [0.15, 0.2) is 11.6 Å². The van der Waals surface area contributed by atoms with E-state index in [1.54, 1.807) is 0 Å². The lowest BCUT2D eigenvalue weighted by Gasteiger charge is -2.13. The van der Waals surface area contributed by atoms with E-state index in [1.165, 1.54) is 12.0 Å². The zero-order chi connectivity index (χ0) is 11.0. The van der Waals surface area contributed by atoms with Crippen molar-refractivity contribution < 1.29 is 4.39 Å². The van der Waals surface area contributed by atoms with Crippen LogP contribution in [0.1, 0.15) is 53.4 Å². The third kappa shape index (κ3) is 5.41. The number of alkyl halides is 1. The van der Waals surface area contributed by atoms with Gasteiger partial charge in [0.15, 0.2) is 0 Å². The predicted molar refractivity (Wildman–Crippen MR) is 62.2 cm³/mol. The maximum atomic E-state index is 12.2. The van der Waals surface area contributed by atoms with Crippen molar-refractivity contribution >= 4 is 0 Å². The van der Waals surface area contributed by atoms with Gasteiger partial charge in [0.1, 0.15) is 0 Å². The minimum absolute atomic E-state index is 0.172. The van der Waals surface area contributed by atoms with Crippen LogP contribution in [0.2, 0.25) is 0 Å². The van der Waals surface area contributed by atoms with Crippen LogP contribution in [0.5, 0.6) is 0 Å². The van der Waals surface area contributed by atoms with Crippen molar-refractivity contribution in [1.29, 1.82) is 0 Å². The molecule has 0 N–H and O–H groups in total. The van der Waals surface area contributed by atoms with E-state index in [4.69, 9.17) is 0 Å². The molecule has 0 saturated heterocycles. The third-order valence-corrected chi connectivity index (χ3v) is 3.26. The maximum absolute atomic E-state index is 12.2. The topological polar surface area (TPSA) is 0 Å². The molecular formula is C13H25F. The number of hydrogen-bond donors (Lipinski definition) is 0. The van der Waals surface area contributed by atoms with E-state index in [1.807, 2.05) is 0 Å². The fraction of sp³-hybridized carbons (Fsp3) is 0.846. The lowest BCUT2D eigenvalue weighted by molar-refractivity contribution is 0.379. The quantitative estimate of drug-likeness (QED) is 0.520. The molecule has 0 aliphatic rings. The zero-order valence-corrected chi connectivity index (χ0v) is 10.1. The van der Waals surface area contributed by atoms with Crippen LogP contribution in [0, 0.1) is 11.8 Å². The Morgan fingerprint density at radius 3 is 2.36 bits per heavy atom. The fourth-order valence-electron chi connectivity index (χ4n) is 1.52. The molecule has 0 rings (SSSR count). The molecule has 1 heteroatoms. The lowest BCUT2D eigenvalue weighted by atomic mass is 9.94. The van der Waals surface area contributed by atoms with Gasteiger partial charge >= 0.3 is 0 Å². The van der Waals surface area contributed by atoms with E-state index >= 15 is 0 Å². The predicted octanol–water partition coefficient (Wildman–Crippen LogP) is 4.75. The van der Waals surface area contributed by atoms with E-state index in [-0.39, 0.29) is 6.67 Å². The summed E-state index contributed by atoms with van der Waals surface area (Å²) >= 11 is 0. The third-order valence-electron chi connectivity index (χ3n) is 3.26. The van der Waals surface area contributed by atoms with Crippen molar-refractivity contribution in [1.82, 2.24) is 0 Å². The molecule has 0 radical (unpaired) electrons. The molecule has 0 aromatic heterocycles. The fourth-order valence-corrected chi connectivity index (χ4v) is 1.52. The Balaban J connectivity index is 3.97. The molecule has 0 heterocycles. The van der Waals surface area contributed by atoms with Gasteiger partial charge in [-0.05, 0) is 38.0 Å². The Hall–Kier alpha value is -0.330. The SMILES string of the molecule is CCC(CC=C(C)C(C)CC)CCF. The first kappa shape index (κ1) is 13.7. The summed E-state index contributed by atoms with van der Waals surface area (Å²) in [6, 6.07) is 0. The molecule has 0 saturated carbocycles. The smallest absolute Gasteiger partial charge is 0.0897 e. The molecule has 14 heavy (non-hydrogen) atoms. The summed E-state index contributed by atoms with van der Waals surface area (Å²) in [6.07, 6.45) is 6.37. The van der Waals surface area contributed by atoms with Gasteiger partial charge in [0, 0.05) is 0 Å². The van der Waals surface area contributed by atoms with Gasteiger partial charge < -0.3 is 0 Å². The summed E-state index contributed by atoms with van der Waals surface area (Å²) in [4.78, 5) is 0. The molecule has 0 aromatic carbocycles. The molecule has 0 nitrogen and oxygen atoms in total. The summed E-state index contributed by atoms with van der Waals surface area (Å²) in [5.74, 6) is 1.22. The molecule has 0 fully saturated rings. The van der Waals surface area contributed by atoms with Gasteiger partial charge in [-0.25, -0.2) is 0 Å². The van der Waals surface area contributed by atoms with E-state index < -0.39 is 0 Å². The van der Waals surface area contributed by atoms with Crippen molar-refractivity contribution in [2.75, 3.05) is 6.67 Å². The van der Waals surface area contributed by atoms with Crippen LogP contribution in [-0.2, 0) is 0 Å². The van der Waals surface area contributed by atoms with Crippen LogP contribution in [0.25, 0.3) is 0 Å². The first-order valence-corrected chi connectivity index (χ1v) is 5.88. The van der Waals surface area contributed by atoms with E-state index in [0.717, 1.165) is 19.3 Å². The standard InChI is InChI=1S/C13H25F/c1-5-11(3)12(4)7-8-13(6-2)9-10-14/h7,11,13H,5-6,8-10H2,1-4H3. The van der Waals surface area contributed by atoms with Gasteiger partial charge in [0.25, 0.3) is 0 Å². The average Bonchev–Trinajstić information content (AvgIpc) is 2.22. The van der Waals surface area contributed by atoms with Crippen molar-refractivity contribution in [3.05, 3.63) is 11.6 Å². The van der Waals surface area contributed by atoms with Crippen molar-refractivity contribution in [3.63, 3.8) is 0 Å². The van der Waals surface area contributed by atoms with Crippen LogP contribution in [-0.4, -0.2) is 6.67 Å². The normalized spacial score (nSPS) is 16.8. The molecular weight excluding hydrogens is 175 g/mol. The van der Waals surface area contributed by atoms with Crippen LogP contribution >= 0.6 is 0 Å². The van der Waals surface area contributed by atoms with Gasteiger partial charge in [-0.15, -0.1) is 0 Å². The molecule has 0 amide bonds. The van der Waals surface area contributed by atoms with Crippen molar-refractivity contribution in [2.24, 2.45) is 11.8 Å². The summed E-state index contributed by atoms with van der Waals surface area (Å²) in [5.41, 5.74) is 1.46. The van der Waals surface area contributed by atoms with E-state index in [0.29, 0.717) is 11.8 Å². The van der Waals surface area contributed by atoms with Crippen LogP contribution < -0.4 is 0 Å². The zero-order valence-electron chi connectivity index (χ0n) is 10.1. The molecule has 0 spiro atoms. The number of halogens is 1. The summed E-state index contributed by atoms with van der Waals surface area (Å²) in [5, 5.41) is 0. The van der Waals surface area contributed by atoms with E-state index in [9.17, 15) is 4.39 Å². The summed E-state index contributed by atoms with van der Waals surface area (Å²) in [6.45, 7) is 8.63. The van der Waals surface area contributed by atoms with Crippen molar-refractivity contribution in [3.8, 4) is 0 Å². The molecule has 0 aliphatic carbocycles. The lowest BCUT2D eigenvalue weighted by Crippen LogP contribution is -2.00. The second-order valence-corrected chi connectivity index (χ2v) is 4.25. The molecule has 84 valence electrons. The first-order valence-electron chi connectivity index (χ1n) is 5.88. The summed E-state index contributed by atoms with van der Waals surface area (Å²) < 4.78 is 12.2. The Kier molecular flexibility index (Phi) is 7.83. The van der Waals surface area contributed by atoms with Gasteiger partial charge in [-0.2, -0.15) is 0 Å². The largest absolute Gasteiger partial charge is 0.251 e. The highest BCUT2D eigenvalue weighted by atomic mass is 19.1. The number of allylic oxidation sites excluding steroid dienone is 2. The average molecular weight is 200 g/mol. The van der Waals surface area contributed by atoms with Crippen LogP contribution in [0.4, 0.5) is 4.39 Å². The molecule has 0 aromatic rings. The first-order chi connectivity index (χ1) is 6.65. The Bertz CT molecular complexity index is 161. The van der Waals surface area contributed by atoms with Gasteiger partial charge in [-0.1, -0.05) is 38.8 Å². The number of rotatable bonds is 7. The minimum atomic E-state index is -0.172. The molecule has 0 bridgehead atoms. The highest BCUT2D eigenvalue weighted by Crippen LogP contribution is 2.19. The maximum Gasteiger partial charge on any atom is 0.0897 e. The molecule has 0 aliphatic heterocycles. The Morgan fingerprint density at radius 2 is 1.93 bits per heavy atom. The minimum Gasteiger partial charge on any atom is -0.251 e. The van der Waals surface area contributed by atoms with Gasteiger partial charge in [0.2, 0.25) is 0 Å². The Morgan fingerprint density at radius 1 is 1.29 bits per heavy atom. The highest BCUT2D eigenvalue weighted by Gasteiger charge is 2.05.